The van der Waals surface area contributed by atoms with Crippen molar-refractivity contribution in [2.75, 3.05) is 0 Å². The Labute approximate surface area is 206 Å². The Kier molecular flexibility index (Phi) is 7.42. The van der Waals surface area contributed by atoms with Gasteiger partial charge in [0.05, 0.1) is 0 Å². The standard InChI is InChI=1S/C32H40N2/c1-3-5-7-9-23-15-25-11-12-27(19-29(25)17-23)31-21-33-32(34-22-31)28-14-13-26-16-24(10-8-6-4-2)18-30(26)20-28/h11-14,19-24H,3-10,15-18H2,1-2H3. The molecule has 0 aliphatic heterocycles. The molecule has 2 aliphatic carbocycles. The molecule has 0 amide bonds. The van der Waals surface area contributed by atoms with Crippen LogP contribution in [0.2, 0.25) is 0 Å². The number of nitrogens with zero attached hydrogens (tertiary/aromatic N) is 2. The zero-order chi connectivity index (χ0) is 23.3. The van der Waals surface area contributed by atoms with Gasteiger partial charge in [-0.15, -0.1) is 0 Å². The van der Waals surface area contributed by atoms with E-state index in [9.17, 15) is 0 Å². The lowest BCUT2D eigenvalue weighted by molar-refractivity contribution is 0.480. The lowest BCUT2D eigenvalue weighted by Crippen LogP contribution is -1.98. The smallest absolute Gasteiger partial charge is 0.159 e. The van der Waals surface area contributed by atoms with Crippen LogP contribution in [0, 0.1) is 11.8 Å². The van der Waals surface area contributed by atoms with E-state index in [1.807, 2.05) is 12.4 Å². The van der Waals surface area contributed by atoms with Crippen LogP contribution in [0.5, 0.6) is 0 Å². The van der Waals surface area contributed by atoms with Crippen LogP contribution in [-0.4, -0.2) is 9.97 Å². The fourth-order valence-corrected chi connectivity index (χ4v) is 6.14. The zero-order valence-corrected chi connectivity index (χ0v) is 21.2. The predicted molar refractivity (Wildman–Crippen MR) is 143 cm³/mol. The van der Waals surface area contributed by atoms with Crippen molar-refractivity contribution in [1.82, 2.24) is 9.97 Å². The Bertz CT molecular complexity index is 1010. The van der Waals surface area contributed by atoms with Crippen molar-refractivity contribution in [2.45, 2.75) is 90.9 Å². The van der Waals surface area contributed by atoms with Crippen molar-refractivity contribution in [3.8, 4) is 22.5 Å². The number of rotatable bonds is 10. The Balaban J connectivity index is 1.24. The van der Waals surface area contributed by atoms with Crippen molar-refractivity contribution in [3.05, 3.63) is 71.0 Å². The first-order valence-electron chi connectivity index (χ1n) is 13.8. The van der Waals surface area contributed by atoms with E-state index in [1.54, 1.807) is 5.56 Å². The summed E-state index contributed by atoms with van der Waals surface area (Å²) in [6, 6.07) is 13.9. The Morgan fingerprint density at radius 1 is 0.588 bits per heavy atom. The van der Waals surface area contributed by atoms with Gasteiger partial charge in [0.2, 0.25) is 0 Å². The van der Waals surface area contributed by atoms with E-state index < -0.39 is 0 Å². The molecule has 2 heteroatoms. The highest BCUT2D eigenvalue weighted by Gasteiger charge is 2.23. The second-order valence-electron chi connectivity index (χ2n) is 10.8. The molecule has 0 spiro atoms. The van der Waals surface area contributed by atoms with Gasteiger partial charge in [-0.05, 0) is 84.2 Å². The molecular weight excluding hydrogens is 412 g/mol. The molecule has 2 unspecified atom stereocenters. The Hall–Kier alpha value is -2.48. The van der Waals surface area contributed by atoms with E-state index in [0.29, 0.717) is 0 Å². The summed E-state index contributed by atoms with van der Waals surface area (Å²) in [4.78, 5) is 9.56. The van der Waals surface area contributed by atoms with Gasteiger partial charge < -0.3 is 0 Å². The molecule has 5 rings (SSSR count). The summed E-state index contributed by atoms with van der Waals surface area (Å²) in [5.41, 5.74) is 9.67. The monoisotopic (exact) mass is 452 g/mol. The first-order valence-corrected chi connectivity index (χ1v) is 13.8. The predicted octanol–water partition coefficient (Wildman–Crippen LogP) is 8.40. The van der Waals surface area contributed by atoms with Gasteiger partial charge in [-0.3, -0.25) is 0 Å². The second-order valence-corrected chi connectivity index (χ2v) is 10.8. The molecule has 0 radical (unpaired) electrons. The van der Waals surface area contributed by atoms with Crippen LogP contribution in [0.25, 0.3) is 22.5 Å². The molecule has 3 aromatic rings. The van der Waals surface area contributed by atoms with Crippen molar-refractivity contribution in [2.24, 2.45) is 11.8 Å². The van der Waals surface area contributed by atoms with Gasteiger partial charge in [-0.1, -0.05) is 82.7 Å². The Morgan fingerprint density at radius 2 is 1.09 bits per heavy atom. The fraction of sp³-hybridized carbons (Fsp3) is 0.500. The maximum absolute atomic E-state index is 4.78. The molecule has 2 aliphatic rings. The lowest BCUT2D eigenvalue weighted by atomic mass is 9.98. The summed E-state index contributed by atoms with van der Waals surface area (Å²) in [6.07, 6.45) is 19.8. The maximum atomic E-state index is 4.78. The van der Waals surface area contributed by atoms with E-state index in [4.69, 9.17) is 9.97 Å². The van der Waals surface area contributed by atoms with Crippen LogP contribution >= 0.6 is 0 Å². The highest BCUT2D eigenvalue weighted by Crippen LogP contribution is 2.35. The van der Waals surface area contributed by atoms with Crippen LogP contribution in [0.4, 0.5) is 0 Å². The third-order valence-corrected chi connectivity index (χ3v) is 8.12. The van der Waals surface area contributed by atoms with Gasteiger partial charge in [0.25, 0.3) is 0 Å². The van der Waals surface area contributed by atoms with Crippen molar-refractivity contribution in [1.29, 1.82) is 0 Å². The summed E-state index contributed by atoms with van der Waals surface area (Å²) in [7, 11) is 0. The lowest BCUT2D eigenvalue weighted by Gasteiger charge is -2.07. The first-order chi connectivity index (χ1) is 16.7. The van der Waals surface area contributed by atoms with Gasteiger partial charge in [0.15, 0.2) is 5.82 Å². The maximum Gasteiger partial charge on any atom is 0.159 e. The fourth-order valence-electron chi connectivity index (χ4n) is 6.14. The van der Waals surface area contributed by atoms with Gasteiger partial charge >= 0.3 is 0 Å². The average molecular weight is 453 g/mol. The van der Waals surface area contributed by atoms with E-state index in [0.717, 1.165) is 28.8 Å². The zero-order valence-electron chi connectivity index (χ0n) is 21.2. The summed E-state index contributed by atoms with van der Waals surface area (Å²) >= 11 is 0. The molecule has 0 fully saturated rings. The van der Waals surface area contributed by atoms with Gasteiger partial charge in [-0.25, -0.2) is 9.97 Å². The molecule has 1 aromatic heterocycles. The van der Waals surface area contributed by atoms with Crippen LogP contribution in [-0.2, 0) is 25.7 Å². The topological polar surface area (TPSA) is 25.8 Å². The van der Waals surface area contributed by atoms with Crippen LogP contribution in [0.15, 0.2) is 48.8 Å². The third kappa shape index (κ3) is 5.27. The van der Waals surface area contributed by atoms with E-state index in [1.165, 1.54) is 99.3 Å². The van der Waals surface area contributed by atoms with Gasteiger partial charge in [0.1, 0.15) is 0 Å². The molecule has 0 saturated carbocycles. The minimum absolute atomic E-state index is 0.825. The van der Waals surface area contributed by atoms with Gasteiger partial charge in [-0.2, -0.15) is 0 Å². The molecule has 2 nitrogen and oxygen atoms in total. The van der Waals surface area contributed by atoms with Crippen LogP contribution < -0.4 is 0 Å². The number of fused-ring (bicyclic) bond motifs is 2. The molecule has 0 bridgehead atoms. The highest BCUT2D eigenvalue weighted by atomic mass is 14.9. The molecule has 178 valence electrons. The SMILES string of the molecule is CCCCCC1Cc2ccc(-c3cnc(-c4ccc5c(c4)CC(CCCCC)C5)nc3)cc2C1. The van der Waals surface area contributed by atoms with Crippen molar-refractivity contribution >= 4 is 0 Å². The number of benzene rings is 2. The molecule has 0 N–H and O–H groups in total. The van der Waals surface area contributed by atoms with E-state index in [-0.39, 0.29) is 0 Å². The van der Waals surface area contributed by atoms with Crippen molar-refractivity contribution < 1.29 is 0 Å². The highest BCUT2D eigenvalue weighted by molar-refractivity contribution is 5.66. The van der Waals surface area contributed by atoms with E-state index >= 15 is 0 Å². The number of hydrogen-bond acceptors (Lipinski definition) is 2. The second kappa shape index (κ2) is 10.8. The van der Waals surface area contributed by atoms with Crippen LogP contribution in [0.3, 0.4) is 0 Å². The minimum atomic E-state index is 0.825. The van der Waals surface area contributed by atoms with Gasteiger partial charge in [0, 0.05) is 23.5 Å². The molecule has 0 saturated heterocycles. The summed E-state index contributed by atoms with van der Waals surface area (Å²) in [5, 5.41) is 0. The number of aromatic nitrogens is 2. The van der Waals surface area contributed by atoms with Crippen LogP contribution in [0.1, 0.15) is 87.5 Å². The first kappa shape index (κ1) is 23.3. The summed E-state index contributed by atoms with van der Waals surface area (Å²) in [5.74, 6) is 2.51. The molecular formula is C32H40N2. The number of unbranched alkanes of at least 4 members (excludes halogenated alkanes) is 4. The number of hydrogen-bond donors (Lipinski definition) is 0. The largest absolute Gasteiger partial charge is 0.236 e. The quantitative estimate of drug-likeness (QED) is 0.289. The summed E-state index contributed by atoms with van der Waals surface area (Å²) in [6.45, 7) is 4.58. The molecule has 34 heavy (non-hydrogen) atoms. The molecule has 1 heterocycles. The minimum Gasteiger partial charge on any atom is -0.236 e. The average Bonchev–Trinajstić information content (AvgIpc) is 3.46. The Morgan fingerprint density at radius 3 is 1.65 bits per heavy atom. The molecule has 2 aromatic carbocycles. The third-order valence-electron chi connectivity index (χ3n) is 8.12. The summed E-state index contributed by atoms with van der Waals surface area (Å²) < 4.78 is 0. The molecule has 2 atom stereocenters. The van der Waals surface area contributed by atoms with Crippen molar-refractivity contribution in [3.63, 3.8) is 0 Å². The normalized spacial score (nSPS) is 18.8. The van der Waals surface area contributed by atoms with E-state index in [2.05, 4.69) is 50.2 Å².